The zero-order valence-corrected chi connectivity index (χ0v) is 14.9. The molecule has 4 nitrogen and oxygen atoms in total. The lowest BCUT2D eigenvalue weighted by Gasteiger charge is -2.06. The van der Waals surface area contributed by atoms with E-state index in [1.54, 1.807) is 7.05 Å². The molecule has 2 aromatic carbocycles. The fourth-order valence-corrected chi connectivity index (χ4v) is 3.47. The van der Waals surface area contributed by atoms with E-state index in [1.165, 1.54) is 4.90 Å². The van der Waals surface area contributed by atoms with E-state index in [0.717, 1.165) is 27.7 Å². The number of nitrogens with one attached hydrogen (secondary N) is 1. The number of hydrogen-bond acceptors (Lipinski definition) is 3. The van der Waals surface area contributed by atoms with Crippen molar-refractivity contribution in [1.29, 1.82) is 0 Å². The van der Waals surface area contributed by atoms with Gasteiger partial charge in [0.1, 0.15) is 0 Å². The van der Waals surface area contributed by atoms with Gasteiger partial charge in [0, 0.05) is 33.7 Å². The average Bonchev–Trinajstić information content (AvgIpc) is 2.99. The van der Waals surface area contributed by atoms with Gasteiger partial charge in [0.15, 0.2) is 5.84 Å². The second-order valence-electron chi connectivity index (χ2n) is 5.73. The highest BCUT2D eigenvalue weighted by atomic mass is 32.2. The normalized spacial score (nSPS) is 12.1. The third-order valence-electron chi connectivity index (χ3n) is 3.68. The lowest BCUT2D eigenvalue weighted by Crippen LogP contribution is -1.95. The summed E-state index contributed by atoms with van der Waals surface area (Å²) in [6.45, 7) is 7.98. The van der Waals surface area contributed by atoms with Crippen LogP contribution in [0, 0.1) is 0 Å². The summed E-state index contributed by atoms with van der Waals surface area (Å²) in [6, 6.07) is 14.6. The molecule has 0 aliphatic rings. The molecule has 24 heavy (non-hydrogen) atoms. The number of hydrogen-bond donors (Lipinski definition) is 1. The Morgan fingerprint density at radius 3 is 2.54 bits per heavy atom. The summed E-state index contributed by atoms with van der Waals surface area (Å²) in [4.78, 5) is 9.41. The standard InChI is InChI=1S/C19H20N4S/c1-12(2)24-15-8-5-13(6-9-15)18-16-11-14(19(20-3)21-4)7-10-17(16)22-23-18/h5-12H,3H2,1-2,4H3,(H,22,23). The SMILES string of the molecule is C=NC(=NC)c1ccc2[nH]nc(-c3ccc(SC(C)C)cc3)c2c1. The van der Waals surface area contributed by atoms with Crippen LogP contribution in [0.25, 0.3) is 22.2 Å². The van der Waals surface area contributed by atoms with Crippen LogP contribution >= 0.6 is 11.8 Å². The van der Waals surface area contributed by atoms with Crippen molar-refractivity contribution in [2.75, 3.05) is 7.05 Å². The molecule has 0 fully saturated rings. The number of nitrogens with zero attached hydrogens (tertiary/aromatic N) is 3. The zero-order chi connectivity index (χ0) is 17.1. The largest absolute Gasteiger partial charge is 0.277 e. The molecular formula is C19H20N4S. The maximum absolute atomic E-state index is 4.49. The molecule has 0 unspecified atom stereocenters. The summed E-state index contributed by atoms with van der Waals surface area (Å²) >= 11 is 1.86. The summed E-state index contributed by atoms with van der Waals surface area (Å²) in [6.07, 6.45) is 0. The molecule has 0 aliphatic heterocycles. The van der Waals surface area contributed by atoms with Crippen LogP contribution < -0.4 is 0 Å². The van der Waals surface area contributed by atoms with Crippen molar-refractivity contribution in [3.05, 3.63) is 48.0 Å². The van der Waals surface area contributed by atoms with E-state index >= 15 is 0 Å². The molecular weight excluding hydrogens is 316 g/mol. The quantitative estimate of drug-likeness (QED) is 0.422. The fourth-order valence-electron chi connectivity index (χ4n) is 2.63. The summed E-state index contributed by atoms with van der Waals surface area (Å²) in [5.41, 5.74) is 3.96. The van der Waals surface area contributed by atoms with Crippen LogP contribution in [-0.4, -0.2) is 35.0 Å². The Labute approximate surface area is 146 Å². The first kappa shape index (κ1) is 16.5. The number of amidine groups is 1. The van der Waals surface area contributed by atoms with E-state index < -0.39 is 0 Å². The summed E-state index contributed by atoms with van der Waals surface area (Å²) in [5, 5.41) is 9.21. The number of benzene rings is 2. The summed E-state index contributed by atoms with van der Waals surface area (Å²) in [7, 11) is 1.72. The van der Waals surface area contributed by atoms with Gasteiger partial charge in [-0.15, -0.1) is 11.8 Å². The number of H-pyrrole nitrogens is 1. The number of fused-ring (bicyclic) bond motifs is 1. The van der Waals surface area contributed by atoms with Crippen molar-refractivity contribution in [3.8, 4) is 11.3 Å². The first-order chi connectivity index (χ1) is 11.6. The van der Waals surface area contributed by atoms with E-state index in [2.05, 4.69) is 71.1 Å². The zero-order valence-electron chi connectivity index (χ0n) is 14.1. The van der Waals surface area contributed by atoms with Gasteiger partial charge in [0.05, 0.1) is 11.2 Å². The van der Waals surface area contributed by atoms with Crippen molar-refractivity contribution in [1.82, 2.24) is 10.2 Å². The van der Waals surface area contributed by atoms with Crippen LogP contribution in [-0.2, 0) is 0 Å². The average molecular weight is 336 g/mol. The van der Waals surface area contributed by atoms with E-state index in [-0.39, 0.29) is 0 Å². The number of rotatable bonds is 4. The molecule has 0 aliphatic carbocycles. The first-order valence-electron chi connectivity index (χ1n) is 7.81. The smallest absolute Gasteiger partial charge is 0.153 e. The predicted molar refractivity (Wildman–Crippen MR) is 105 cm³/mol. The molecule has 1 N–H and O–H groups in total. The lowest BCUT2D eigenvalue weighted by molar-refractivity contribution is 1.11. The molecule has 0 radical (unpaired) electrons. The van der Waals surface area contributed by atoms with Crippen LogP contribution in [0.2, 0.25) is 0 Å². The Morgan fingerprint density at radius 2 is 1.92 bits per heavy atom. The van der Waals surface area contributed by atoms with E-state index in [1.807, 2.05) is 23.9 Å². The topological polar surface area (TPSA) is 53.4 Å². The third-order valence-corrected chi connectivity index (χ3v) is 4.70. The minimum atomic E-state index is 0.572. The minimum Gasteiger partial charge on any atom is -0.277 e. The van der Waals surface area contributed by atoms with Crippen molar-refractivity contribution in [2.24, 2.45) is 9.98 Å². The Hall–Kier alpha value is -2.40. The fraction of sp³-hybridized carbons (Fsp3) is 0.211. The van der Waals surface area contributed by atoms with Crippen LogP contribution in [0.4, 0.5) is 0 Å². The lowest BCUT2D eigenvalue weighted by atomic mass is 10.1. The highest BCUT2D eigenvalue weighted by Crippen LogP contribution is 2.30. The number of aromatic nitrogens is 2. The molecule has 3 rings (SSSR count). The molecule has 5 heteroatoms. The third kappa shape index (κ3) is 3.26. The number of aliphatic imine (C=N–C) groups is 2. The Bertz CT molecular complexity index is 891. The Morgan fingerprint density at radius 1 is 1.17 bits per heavy atom. The van der Waals surface area contributed by atoms with Crippen LogP contribution in [0.5, 0.6) is 0 Å². The van der Waals surface area contributed by atoms with Crippen LogP contribution in [0.1, 0.15) is 19.4 Å². The molecule has 0 saturated heterocycles. The predicted octanol–water partition coefficient (Wildman–Crippen LogP) is 4.81. The molecule has 1 aromatic heterocycles. The summed E-state index contributed by atoms with van der Waals surface area (Å²) < 4.78 is 0. The van der Waals surface area contributed by atoms with Gasteiger partial charge >= 0.3 is 0 Å². The van der Waals surface area contributed by atoms with Gasteiger partial charge in [-0.3, -0.25) is 10.1 Å². The highest BCUT2D eigenvalue weighted by Gasteiger charge is 2.11. The molecule has 0 amide bonds. The van der Waals surface area contributed by atoms with Gasteiger partial charge in [0.25, 0.3) is 0 Å². The van der Waals surface area contributed by atoms with Gasteiger partial charge in [-0.05, 0) is 37.0 Å². The maximum Gasteiger partial charge on any atom is 0.153 e. The monoisotopic (exact) mass is 336 g/mol. The van der Waals surface area contributed by atoms with E-state index in [9.17, 15) is 0 Å². The highest BCUT2D eigenvalue weighted by molar-refractivity contribution is 7.99. The van der Waals surface area contributed by atoms with Crippen LogP contribution in [0.15, 0.2) is 57.3 Å². The molecule has 3 aromatic rings. The van der Waals surface area contributed by atoms with E-state index in [4.69, 9.17) is 0 Å². The molecule has 0 atom stereocenters. The Balaban J connectivity index is 2.03. The Kier molecular flexibility index (Phi) is 4.81. The van der Waals surface area contributed by atoms with Crippen LogP contribution in [0.3, 0.4) is 0 Å². The molecule has 122 valence electrons. The number of thioether (sulfide) groups is 1. The van der Waals surface area contributed by atoms with Gasteiger partial charge in [-0.1, -0.05) is 26.0 Å². The van der Waals surface area contributed by atoms with Gasteiger partial charge in [0.2, 0.25) is 0 Å². The van der Waals surface area contributed by atoms with Crippen molar-refractivity contribution < 1.29 is 0 Å². The van der Waals surface area contributed by atoms with Gasteiger partial charge in [-0.2, -0.15) is 5.10 Å². The molecule has 0 saturated carbocycles. The molecule has 1 heterocycles. The van der Waals surface area contributed by atoms with E-state index in [0.29, 0.717) is 11.1 Å². The number of aromatic amines is 1. The first-order valence-corrected chi connectivity index (χ1v) is 8.69. The summed E-state index contributed by atoms with van der Waals surface area (Å²) in [5.74, 6) is 0.632. The second kappa shape index (κ2) is 7.01. The minimum absolute atomic E-state index is 0.572. The maximum atomic E-state index is 4.49. The molecule has 0 bridgehead atoms. The van der Waals surface area contributed by atoms with Crippen molar-refractivity contribution in [2.45, 2.75) is 24.0 Å². The van der Waals surface area contributed by atoms with Crippen molar-refractivity contribution >= 4 is 35.2 Å². The van der Waals surface area contributed by atoms with Gasteiger partial charge < -0.3 is 0 Å². The van der Waals surface area contributed by atoms with Gasteiger partial charge in [-0.25, -0.2) is 4.99 Å². The second-order valence-corrected chi connectivity index (χ2v) is 7.38. The van der Waals surface area contributed by atoms with Crippen molar-refractivity contribution in [3.63, 3.8) is 0 Å². The molecule has 0 spiro atoms.